The lowest BCUT2D eigenvalue weighted by Crippen LogP contribution is -2.04. The molecule has 0 radical (unpaired) electrons. The number of thioether (sulfide) groups is 1. The molecule has 0 aromatic heterocycles. The van der Waals surface area contributed by atoms with Crippen LogP contribution in [0.5, 0.6) is 0 Å². The molecular formula is C11H12O2S. The van der Waals surface area contributed by atoms with Crippen molar-refractivity contribution in [3.63, 3.8) is 0 Å². The number of carbonyl (C=O) groups is 2. The number of hydrogen-bond donors (Lipinski definition) is 0. The summed E-state index contributed by atoms with van der Waals surface area (Å²) in [7, 11) is 0. The van der Waals surface area contributed by atoms with E-state index in [9.17, 15) is 9.59 Å². The molecule has 0 aliphatic carbocycles. The summed E-state index contributed by atoms with van der Waals surface area (Å²) < 4.78 is 0. The molecule has 0 saturated carbocycles. The van der Waals surface area contributed by atoms with E-state index in [4.69, 9.17) is 0 Å². The molecule has 1 aromatic rings. The van der Waals surface area contributed by atoms with Crippen LogP contribution in [0.2, 0.25) is 0 Å². The smallest absolute Gasteiger partial charge is 0.170 e. The maximum Gasteiger partial charge on any atom is 0.170 e. The number of carbonyl (C=O) groups excluding carboxylic acids is 2. The molecule has 0 amide bonds. The first-order valence-electron chi connectivity index (χ1n) is 4.30. The fraction of sp³-hybridized carbons (Fsp3) is 0.273. The Kier molecular flexibility index (Phi) is 3.89. The van der Waals surface area contributed by atoms with Crippen LogP contribution in [0.4, 0.5) is 0 Å². The van der Waals surface area contributed by atoms with Crippen molar-refractivity contribution in [1.29, 1.82) is 0 Å². The van der Waals surface area contributed by atoms with Gasteiger partial charge >= 0.3 is 0 Å². The van der Waals surface area contributed by atoms with Crippen LogP contribution < -0.4 is 0 Å². The van der Waals surface area contributed by atoms with Gasteiger partial charge in [-0.1, -0.05) is 12.1 Å². The predicted octanol–water partition coefficient (Wildman–Crippen LogP) is 2.57. The average molecular weight is 208 g/mol. The second kappa shape index (κ2) is 4.96. The molecule has 1 rings (SSSR count). The SMILES string of the molecule is CSc1ccc(C(=O)CC(C)=O)cc1. The van der Waals surface area contributed by atoms with E-state index in [0.29, 0.717) is 5.56 Å². The summed E-state index contributed by atoms with van der Waals surface area (Å²) in [5.74, 6) is -0.200. The third kappa shape index (κ3) is 3.00. The van der Waals surface area contributed by atoms with Crippen LogP contribution in [-0.2, 0) is 4.79 Å². The van der Waals surface area contributed by atoms with Crippen molar-refractivity contribution in [2.24, 2.45) is 0 Å². The second-order valence-electron chi connectivity index (χ2n) is 3.03. The third-order valence-corrected chi connectivity index (χ3v) is 2.57. The van der Waals surface area contributed by atoms with Gasteiger partial charge in [0.2, 0.25) is 0 Å². The fourth-order valence-corrected chi connectivity index (χ4v) is 1.51. The summed E-state index contributed by atoms with van der Waals surface area (Å²) in [4.78, 5) is 23.3. The van der Waals surface area contributed by atoms with Crippen LogP contribution in [0.1, 0.15) is 23.7 Å². The van der Waals surface area contributed by atoms with Crippen LogP contribution in [-0.4, -0.2) is 17.8 Å². The minimum Gasteiger partial charge on any atom is -0.300 e. The van der Waals surface area contributed by atoms with E-state index in [1.807, 2.05) is 18.4 Å². The Hall–Kier alpha value is -1.09. The van der Waals surface area contributed by atoms with Gasteiger partial charge in [0.25, 0.3) is 0 Å². The van der Waals surface area contributed by atoms with E-state index in [1.165, 1.54) is 6.92 Å². The largest absolute Gasteiger partial charge is 0.300 e. The monoisotopic (exact) mass is 208 g/mol. The Balaban J connectivity index is 2.76. The average Bonchev–Trinajstić information content (AvgIpc) is 2.17. The normalized spacial score (nSPS) is 9.86. The van der Waals surface area contributed by atoms with Crippen molar-refractivity contribution in [2.75, 3.05) is 6.26 Å². The highest BCUT2D eigenvalue weighted by Gasteiger charge is 2.07. The first-order valence-corrected chi connectivity index (χ1v) is 5.52. The van der Waals surface area contributed by atoms with Crippen molar-refractivity contribution in [3.8, 4) is 0 Å². The predicted molar refractivity (Wildman–Crippen MR) is 57.9 cm³/mol. The second-order valence-corrected chi connectivity index (χ2v) is 3.91. The van der Waals surface area contributed by atoms with Crippen molar-refractivity contribution >= 4 is 23.3 Å². The highest BCUT2D eigenvalue weighted by molar-refractivity contribution is 7.98. The van der Waals surface area contributed by atoms with E-state index in [-0.39, 0.29) is 18.0 Å². The minimum atomic E-state index is -0.106. The first kappa shape index (κ1) is 11.0. The molecule has 74 valence electrons. The quantitative estimate of drug-likeness (QED) is 0.433. The van der Waals surface area contributed by atoms with Gasteiger partial charge in [-0.05, 0) is 25.3 Å². The molecule has 0 N–H and O–H groups in total. The van der Waals surface area contributed by atoms with E-state index >= 15 is 0 Å². The first-order chi connectivity index (χ1) is 6.63. The van der Waals surface area contributed by atoms with Gasteiger partial charge in [-0.2, -0.15) is 0 Å². The van der Waals surface area contributed by atoms with Crippen LogP contribution in [0.15, 0.2) is 29.2 Å². The molecule has 0 atom stereocenters. The Morgan fingerprint density at radius 2 is 1.79 bits per heavy atom. The maximum absolute atomic E-state index is 11.4. The molecule has 0 spiro atoms. The summed E-state index contributed by atoms with van der Waals surface area (Å²) in [5, 5.41) is 0. The van der Waals surface area contributed by atoms with Gasteiger partial charge in [0.1, 0.15) is 5.78 Å². The van der Waals surface area contributed by atoms with E-state index < -0.39 is 0 Å². The molecule has 0 unspecified atom stereocenters. The van der Waals surface area contributed by atoms with Gasteiger partial charge in [-0.25, -0.2) is 0 Å². The van der Waals surface area contributed by atoms with Crippen LogP contribution >= 0.6 is 11.8 Å². The van der Waals surface area contributed by atoms with Crippen molar-refractivity contribution in [3.05, 3.63) is 29.8 Å². The fourth-order valence-electron chi connectivity index (χ4n) is 1.11. The molecule has 14 heavy (non-hydrogen) atoms. The Labute approximate surface area is 87.7 Å². The van der Waals surface area contributed by atoms with Gasteiger partial charge < -0.3 is 0 Å². The van der Waals surface area contributed by atoms with E-state index in [0.717, 1.165) is 4.90 Å². The summed E-state index contributed by atoms with van der Waals surface area (Å²) in [6.07, 6.45) is 1.98. The lowest BCUT2D eigenvalue weighted by molar-refractivity contribution is -0.116. The molecular weight excluding hydrogens is 196 g/mol. The molecule has 0 saturated heterocycles. The highest BCUT2D eigenvalue weighted by atomic mass is 32.2. The molecule has 0 fully saturated rings. The lowest BCUT2D eigenvalue weighted by Gasteiger charge is -1.99. The third-order valence-electron chi connectivity index (χ3n) is 1.82. The standard InChI is InChI=1S/C11H12O2S/c1-8(12)7-11(13)9-3-5-10(14-2)6-4-9/h3-6H,7H2,1-2H3. The zero-order valence-electron chi connectivity index (χ0n) is 8.24. The Bertz CT molecular complexity index is 341. The minimum absolute atomic E-state index is 0.00137. The Morgan fingerprint density at radius 1 is 1.21 bits per heavy atom. The highest BCUT2D eigenvalue weighted by Crippen LogP contribution is 2.15. The number of benzene rings is 1. The van der Waals surface area contributed by atoms with Gasteiger partial charge in [0.05, 0.1) is 6.42 Å². The lowest BCUT2D eigenvalue weighted by atomic mass is 10.1. The zero-order chi connectivity index (χ0) is 10.6. The van der Waals surface area contributed by atoms with Gasteiger partial charge in [0, 0.05) is 10.5 Å². The summed E-state index contributed by atoms with van der Waals surface area (Å²) in [6.45, 7) is 1.42. The molecule has 0 aliphatic rings. The number of Topliss-reactive ketones (excluding diaryl/α,β-unsaturated/α-hetero) is 2. The van der Waals surface area contributed by atoms with E-state index in [1.54, 1.807) is 23.9 Å². The number of ketones is 2. The van der Waals surface area contributed by atoms with E-state index in [2.05, 4.69) is 0 Å². The molecule has 2 nitrogen and oxygen atoms in total. The van der Waals surface area contributed by atoms with Gasteiger partial charge in [-0.3, -0.25) is 9.59 Å². The molecule has 0 bridgehead atoms. The summed E-state index contributed by atoms with van der Waals surface area (Å²) in [6, 6.07) is 7.30. The summed E-state index contributed by atoms with van der Waals surface area (Å²) in [5.41, 5.74) is 0.609. The van der Waals surface area contributed by atoms with Crippen LogP contribution in [0.3, 0.4) is 0 Å². The molecule has 1 aromatic carbocycles. The molecule has 3 heteroatoms. The van der Waals surface area contributed by atoms with Crippen LogP contribution in [0.25, 0.3) is 0 Å². The molecule has 0 heterocycles. The zero-order valence-corrected chi connectivity index (χ0v) is 9.06. The van der Waals surface area contributed by atoms with Gasteiger partial charge in [0.15, 0.2) is 5.78 Å². The van der Waals surface area contributed by atoms with Crippen molar-refractivity contribution in [1.82, 2.24) is 0 Å². The van der Waals surface area contributed by atoms with Crippen molar-refractivity contribution in [2.45, 2.75) is 18.2 Å². The topological polar surface area (TPSA) is 34.1 Å². The summed E-state index contributed by atoms with van der Waals surface area (Å²) >= 11 is 1.62. The van der Waals surface area contributed by atoms with Crippen LogP contribution in [0, 0.1) is 0 Å². The van der Waals surface area contributed by atoms with Gasteiger partial charge in [-0.15, -0.1) is 11.8 Å². The molecule has 0 aliphatic heterocycles. The van der Waals surface area contributed by atoms with Crippen molar-refractivity contribution < 1.29 is 9.59 Å². The number of hydrogen-bond acceptors (Lipinski definition) is 3. The number of rotatable bonds is 4. The maximum atomic E-state index is 11.4. The Morgan fingerprint density at radius 3 is 2.21 bits per heavy atom.